The average Bonchev–Trinajstić information content (AvgIpc) is 3.85. The zero-order chi connectivity index (χ0) is 31.9. The van der Waals surface area contributed by atoms with E-state index >= 15 is 0 Å². The van der Waals surface area contributed by atoms with Gasteiger partial charge in [0.1, 0.15) is 18.1 Å². The molecule has 1 amide bonds. The smallest absolute Gasteiger partial charge is 0.350 e. The highest BCUT2D eigenvalue weighted by Crippen LogP contribution is 2.39. The second-order valence-corrected chi connectivity index (χ2v) is 12.6. The van der Waals surface area contributed by atoms with E-state index in [1.165, 1.54) is 28.1 Å². The van der Waals surface area contributed by atoms with Crippen molar-refractivity contribution in [3.05, 3.63) is 154 Å². The van der Waals surface area contributed by atoms with Crippen LogP contribution in [-0.4, -0.2) is 39.7 Å². The fourth-order valence-corrected chi connectivity index (χ4v) is 7.07. The Morgan fingerprint density at radius 1 is 0.936 bits per heavy atom. The van der Waals surface area contributed by atoms with Gasteiger partial charge in [0.2, 0.25) is 5.91 Å². The summed E-state index contributed by atoms with van der Waals surface area (Å²) in [6.45, 7) is 5.43. The van der Waals surface area contributed by atoms with Crippen LogP contribution in [0.3, 0.4) is 0 Å². The lowest BCUT2D eigenvalue weighted by Crippen LogP contribution is -2.45. The molecule has 3 N–H and O–H groups in total. The van der Waals surface area contributed by atoms with Crippen molar-refractivity contribution in [3.8, 4) is 0 Å². The zero-order valence-electron chi connectivity index (χ0n) is 26.8. The van der Waals surface area contributed by atoms with Crippen molar-refractivity contribution in [2.45, 2.75) is 45.7 Å². The Hall–Kier alpha value is -5.28. The molecule has 4 aliphatic rings. The first-order valence-electron chi connectivity index (χ1n) is 16.4. The van der Waals surface area contributed by atoms with E-state index in [1.54, 1.807) is 6.92 Å². The third-order valence-electron chi connectivity index (χ3n) is 9.50. The van der Waals surface area contributed by atoms with Crippen molar-refractivity contribution in [1.82, 2.24) is 25.6 Å². The molecule has 8 nitrogen and oxygen atoms in total. The average molecular weight is 620 g/mol. The third kappa shape index (κ3) is 5.57. The minimum absolute atomic E-state index is 0.0305. The number of aryl methyl sites for hydroxylation is 1. The standard InChI is InChI=1S/C38H37BN7O/c1-26(40-27(2)47)29-13-15-31(16-14-29)38-34-18-20-36(43-23-22-30-10-6-7-11-32(30)24-43)45(34)39-46-35(38)19-21-37(46)44-25-33(41-42-44)17-12-28-8-4-3-5-9-28/h3-11,13-16,18-21,25-26,41-42H,12,17,22-24H2,1-2H3/p+1. The van der Waals surface area contributed by atoms with Crippen molar-refractivity contribution in [2.75, 3.05) is 11.6 Å². The summed E-state index contributed by atoms with van der Waals surface area (Å²) in [6, 6.07) is 32.3. The Morgan fingerprint density at radius 3 is 2.53 bits per heavy atom. The van der Waals surface area contributed by atoms with Crippen LogP contribution in [0.5, 0.6) is 0 Å². The van der Waals surface area contributed by atoms with Gasteiger partial charge < -0.3 is 15.2 Å². The normalized spacial score (nSPS) is 18.6. The summed E-state index contributed by atoms with van der Waals surface area (Å²) in [4.78, 5) is 14.0. The first-order chi connectivity index (χ1) is 23.0. The Kier molecular flexibility index (Phi) is 7.54. The minimum Gasteiger partial charge on any atom is -0.350 e. The molecular formula is C38H38BN7O+. The van der Waals surface area contributed by atoms with Crippen molar-refractivity contribution < 1.29 is 9.37 Å². The van der Waals surface area contributed by atoms with Gasteiger partial charge in [-0.15, -0.1) is 5.53 Å². The Balaban J connectivity index is 1.15. The molecule has 0 saturated heterocycles. The molecule has 1 unspecified atom stereocenters. The molecule has 0 fully saturated rings. The summed E-state index contributed by atoms with van der Waals surface area (Å²) in [7, 11) is 2.23. The minimum atomic E-state index is -0.0595. The van der Waals surface area contributed by atoms with Crippen LogP contribution >= 0.6 is 0 Å². The number of carbonyl (C=O) groups excluding carboxylic acids is 1. The summed E-state index contributed by atoms with van der Waals surface area (Å²) < 4.78 is 4.77. The predicted octanol–water partition coefficient (Wildman–Crippen LogP) is 5.18. The molecule has 1 atom stereocenters. The van der Waals surface area contributed by atoms with Crippen molar-refractivity contribution in [3.63, 3.8) is 0 Å². The molecule has 1 radical (unpaired) electrons. The number of aromatic nitrogens is 1. The highest BCUT2D eigenvalue weighted by atomic mass is 16.1. The van der Waals surface area contributed by atoms with Crippen LogP contribution in [0.1, 0.15) is 59.8 Å². The fourth-order valence-electron chi connectivity index (χ4n) is 7.07. The van der Waals surface area contributed by atoms with Crippen LogP contribution in [-0.2, 0) is 24.2 Å². The van der Waals surface area contributed by atoms with Crippen LogP contribution in [0.15, 0.2) is 121 Å². The number of allylic oxidation sites excluding steroid dienone is 2. The summed E-state index contributed by atoms with van der Waals surface area (Å²) in [5.74, 6) is 2.17. The first-order valence-corrected chi connectivity index (χ1v) is 16.4. The maximum absolute atomic E-state index is 11.7. The molecular weight excluding hydrogens is 581 g/mol. The second kappa shape index (κ2) is 12.2. The molecule has 4 aromatic rings. The Morgan fingerprint density at radius 2 is 1.72 bits per heavy atom. The summed E-state index contributed by atoms with van der Waals surface area (Å²) >= 11 is 0. The molecule has 0 saturated carbocycles. The Labute approximate surface area is 276 Å². The molecule has 4 aliphatic heterocycles. The summed E-state index contributed by atoms with van der Waals surface area (Å²) in [5.41, 5.74) is 17.7. The van der Waals surface area contributed by atoms with E-state index in [-0.39, 0.29) is 11.9 Å². The van der Waals surface area contributed by atoms with Gasteiger partial charge in [0.15, 0.2) is 0 Å². The number of carbonyl (C=O) groups is 1. The number of anilines is 1. The lowest BCUT2D eigenvalue weighted by Gasteiger charge is -2.29. The number of hydrogen-bond acceptors (Lipinski definition) is 4. The number of hydrazine groups is 2. The number of fused-ring (bicyclic) bond motifs is 3. The fraction of sp³-hybridized carbons (Fsp3) is 0.211. The molecule has 9 heteroatoms. The van der Waals surface area contributed by atoms with E-state index in [1.807, 2.05) is 6.92 Å². The molecule has 0 aliphatic carbocycles. The zero-order valence-corrected chi connectivity index (χ0v) is 26.8. The van der Waals surface area contributed by atoms with Gasteiger partial charge in [-0.05, 0) is 65.8 Å². The molecule has 0 spiro atoms. The number of rotatable bonds is 7. The number of amides is 1. The second-order valence-electron chi connectivity index (χ2n) is 12.6. The number of nitrogens with zero attached hydrogens (tertiary/aromatic N) is 4. The predicted molar refractivity (Wildman–Crippen MR) is 187 cm³/mol. The van der Waals surface area contributed by atoms with E-state index in [0.717, 1.165) is 66.4 Å². The number of nitrogens with one attached hydrogen (secondary N) is 3. The highest BCUT2D eigenvalue weighted by Gasteiger charge is 2.41. The lowest BCUT2D eigenvalue weighted by atomic mass is 9.91. The molecule has 47 heavy (non-hydrogen) atoms. The summed E-state index contributed by atoms with van der Waals surface area (Å²) in [6.07, 6.45) is 9.58. The van der Waals surface area contributed by atoms with Gasteiger partial charge in [0, 0.05) is 42.6 Å². The van der Waals surface area contributed by atoms with Crippen molar-refractivity contribution in [1.29, 1.82) is 0 Å². The van der Waals surface area contributed by atoms with Crippen molar-refractivity contribution in [2.24, 2.45) is 0 Å². The highest BCUT2D eigenvalue weighted by molar-refractivity contribution is 6.41. The van der Waals surface area contributed by atoms with E-state index in [0.29, 0.717) is 0 Å². The SMILES string of the molecule is CC(=O)NC(C)c1ccc(C2=C3C=CC(=[N+]4CCc5ccccc5C4)N3[B]n3c2ccc3N2C=C(CCc3ccccc3)NN2)cc1. The number of amidine groups is 1. The summed E-state index contributed by atoms with van der Waals surface area (Å²) in [5, 5.41) is 5.07. The van der Waals surface area contributed by atoms with Gasteiger partial charge >= 0.3 is 7.55 Å². The maximum atomic E-state index is 11.7. The Bertz CT molecular complexity index is 1970. The largest absolute Gasteiger partial charge is 0.553 e. The van der Waals surface area contributed by atoms with Crippen LogP contribution in [0, 0.1) is 0 Å². The van der Waals surface area contributed by atoms with Gasteiger partial charge in [-0.1, -0.05) is 78.9 Å². The number of benzene rings is 3. The van der Waals surface area contributed by atoms with Crippen molar-refractivity contribution >= 4 is 30.7 Å². The van der Waals surface area contributed by atoms with E-state index in [2.05, 4.69) is 152 Å². The molecule has 1 aromatic heterocycles. The lowest BCUT2D eigenvalue weighted by molar-refractivity contribution is -0.550. The molecule has 5 heterocycles. The monoisotopic (exact) mass is 619 g/mol. The third-order valence-corrected chi connectivity index (χ3v) is 9.50. The van der Waals surface area contributed by atoms with Gasteiger partial charge in [-0.25, -0.2) is 5.01 Å². The van der Waals surface area contributed by atoms with E-state index < -0.39 is 0 Å². The molecule has 8 rings (SSSR count). The quantitative estimate of drug-likeness (QED) is 0.197. The van der Waals surface area contributed by atoms with Crippen LogP contribution < -0.4 is 21.3 Å². The first kappa shape index (κ1) is 29.1. The van der Waals surface area contributed by atoms with Crippen LogP contribution in [0.25, 0.3) is 5.57 Å². The van der Waals surface area contributed by atoms with Gasteiger partial charge in [-0.2, -0.15) is 0 Å². The van der Waals surface area contributed by atoms with Gasteiger partial charge in [-0.3, -0.25) is 14.2 Å². The van der Waals surface area contributed by atoms with Gasteiger partial charge in [0.25, 0.3) is 5.84 Å². The maximum Gasteiger partial charge on any atom is 0.553 e. The van der Waals surface area contributed by atoms with Crippen LogP contribution in [0.2, 0.25) is 0 Å². The van der Waals surface area contributed by atoms with E-state index in [4.69, 9.17) is 0 Å². The molecule has 3 aromatic carbocycles. The number of hydrogen-bond donors (Lipinski definition) is 3. The van der Waals surface area contributed by atoms with Crippen LogP contribution in [0.4, 0.5) is 5.82 Å². The topological polar surface area (TPSA) is 67.6 Å². The molecule has 0 bridgehead atoms. The van der Waals surface area contributed by atoms with Gasteiger partial charge in [0.05, 0.1) is 12.6 Å². The van der Waals surface area contributed by atoms with E-state index in [9.17, 15) is 4.79 Å². The molecule has 233 valence electrons.